The number of carbonyl (C=O) groups excluding carboxylic acids is 2. The molecule has 12 heteroatoms. The Labute approximate surface area is 320 Å². The number of nitrogens with one attached hydrogen (secondary N) is 1. The van der Waals surface area contributed by atoms with Crippen LogP contribution >= 0.6 is 0 Å². The van der Waals surface area contributed by atoms with Gasteiger partial charge in [-0.2, -0.15) is 0 Å². The molecule has 3 fully saturated rings. The summed E-state index contributed by atoms with van der Waals surface area (Å²) in [5.74, 6) is 0.176. The maximum atomic E-state index is 14.9. The van der Waals surface area contributed by atoms with E-state index in [4.69, 9.17) is 9.47 Å². The zero-order chi connectivity index (χ0) is 37.6. The van der Waals surface area contributed by atoms with Gasteiger partial charge in [0.2, 0.25) is 15.9 Å². The Bertz CT molecular complexity index is 1980. The molecule has 3 aliphatic carbocycles. The molecule has 4 heterocycles. The largest absolute Gasteiger partial charge is 0.496 e. The Balaban J connectivity index is 1.13. The number of sulfonamides is 1. The van der Waals surface area contributed by atoms with Crippen LogP contribution in [0.4, 0.5) is 0 Å². The zero-order valence-corrected chi connectivity index (χ0v) is 33.1. The number of rotatable bonds is 10. The second kappa shape index (κ2) is 15.6. The average Bonchev–Trinajstić information content (AvgIpc) is 3.87. The number of aromatic nitrogens is 1. The second-order valence-electron chi connectivity index (χ2n) is 16.4. The van der Waals surface area contributed by atoms with E-state index in [1.165, 1.54) is 24.8 Å². The van der Waals surface area contributed by atoms with E-state index < -0.39 is 21.2 Å². The minimum atomic E-state index is -3.83. The van der Waals surface area contributed by atoms with Crippen molar-refractivity contribution < 1.29 is 27.5 Å². The third kappa shape index (κ3) is 7.19. The lowest BCUT2D eigenvalue weighted by Crippen LogP contribution is -2.42. The molecule has 1 unspecified atom stereocenters. The van der Waals surface area contributed by atoms with Gasteiger partial charge in [0.15, 0.2) is 0 Å². The number of hydrogen-bond acceptors (Lipinski definition) is 8. The number of benzene rings is 1. The smallest absolute Gasteiger partial charge is 0.265 e. The van der Waals surface area contributed by atoms with Crippen LogP contribution in [-0.4, -0.2) is 117 Å². The van der Waals surface area contributed by atoms with Crippen LogP contribution in [0.3, 0.4) is 0 Å². The van der Waals surface area contributed by atoms with Gasteiger partial charge in [-0.15, -0.1) is 0 Å². The fraction of sp³-hybridized carbons (Fsp3) is 0.619. The number of hydrogen-bond donors (Lipinski definition) is 1. The minimum Gasteiger partial charge on any atom is -0.496 e. The van der Waals surface area contributed by atoms with Crippen LogP contribution in [0.15, 0.2) is 52.6 Å². The standard InChI is InChI=1S/C42H57N5O6S/c1-28(2)54(50,51)43-41(48)39-34-27-47-35(26-33-36(52-3)15-14-30(40(33)47)29-10-5-4-6-11-29)37-31(38(34)39)12-7-13-32(37)42(49)46-19-9-18-44(20-21-46)16-8-17-45-22-24-53-25-23-45/h7,12,14-15,26,28-29,32,37H,4-6,8-11,13,16-25,27H2,1-3H3,(H,43,48)/t32-,37?/m1/s1. The van der Waals surface area contributed by atoms with E-state index in [1.54, 1.807) is 21.0 Å². The van der Waals surface area contributed by atoms with E-state index in [-0.39, 0.29) is 17.7 Å². The highest BCUT2D eigenvalue weighted by atomic mass is 32.2. The molecule has 1 saturated carbocycles. The van der Waals surface area contributed by atoms with E-state index in [0.717, 1.165) is 124 Å². The van der Waals surface area contributed by atoms with E-state index in [9.17, 15) is 18.0 Å². The van der Waals surface area contributed by atoms with Crippen molar-refractivity contribution in [1.29, 1.82) is 0 Å². The van der Waals surface area contributed by atoms with Crippen LogP contribution in [0.1, 0.15) is 88.3 Å². The average molecular weight is 760 g/mol. The quantitative estimate of drug-likeness (QED) is 0.357. The molecule has 2 amide bonds. The summed E-state index contributed by atoms with van der Waals surface area (Å²) < 4.78 is 42.0. The van der Waals surface area contributed by atoms with Gasteiger partial charge in [0, 0.05) is 56.3 Å². The maximum Gasteiger partial charge on any atom is 0.265 e. The van der Waals surface area contributed by atoms with Crippen LogP contribution in [-0.2, 0) is 30.9 Å². The summed E-state index contributed by atoms with van der Waals surface area (Å²) in [5, 5.41) is 0.300. The molecular weight excluding hydrogens is 703 g/mol. The molecular formula is C42H57N5O6S. The predicted molar refractivity (Wildman–Crippen MR) is 210 cm³/mol. The van der Waals surface area contributed by atoms with Gasteiger partial charge in [-0.3, -0.25) is 14.5 Å². The molecule has 54 heavy (non-hydrogen) atoms. The molecule has 3 aliphatic heterocycles. The SMILES string of the molecule is COc1ccc(C2CCCCC2)c2c1cc1n2CC2=C(C(=O)NS(=O)(=O)C(C)C)C2=C2C=CC[C@@H](C(=O)N3CCCN(CCCN4CCOCC4)CC3)C21. The van der Waals surface area contributed by atoms with Crippen molar-refractivity contribution in [2.75, 3.05) is 72.7 Å². The lowest BCUT2D eigenvalue weighted by Gasteiger charge is -2.34. The van der Waals surface area contributed by atoms with Gasteiger partial charge >= 0.3 is 0 Å². The van der Waals surface area contributed by atoms with E-state index in [0.29, 0.717) is 31.0 Å². The number of ether oxygens (including phenoxy) is 2. The van der Waals surface area contributed by atoms with Crippen molar-refractivity contribution in [3.63, 3.8) is 0 Å². The zero-order valence-electron chi connectivity index (χ0n) is 32.3. The molecule has 2 aromatic rings. The van der Waals surface area contributed by atoms with Gasteiger partial charge in [-0.1, -0.05) is 37.5 Å². The normalized spacial score (nSPS) is 24.3. The Hall–Kier alpha value is -3.45. The summed E-state index contributed by atoms with van der Waals surface area (Å²) >= 11 is 0. The Morgan fingerprint density at radius 2 is 1.72 bits per heavy atom. The van der Waals surface area contributed by atoms with Gasteiger partial charge in [-0.05, 0) is 106 Å². The van der Waals surface area contributed by atoms with Crippen LogP contribution in [0.2, 0.25) is 0 Å². The van der Waals surface area contributed by atoms with Crippen LogP contribution < -0.4 is 9.46 Å². The highest BCUT2D eigenvalue weighted by Crippen LogP contribution is 2.55. The number of amides is 2. The molecule has 2 atom stereocenters. The molecule has 0 bridgehead atoms. The molecule has 11 nitrogen and oxygen atoms in total. The van der Waals surface area contributed by atoms with Crippen molar-refractivity contribution in [3.8, 4) is 5.75 Å². The molecule has 6 aliphatic rings. The van der Waals surface area contributed by atoms with Gasteiger partial charge in [0.05, 0.1) is 42.6 Å². The highest BCUT2D eigenvalue weighted by Gasteiger charge is 2.48. The van der Waals surface area contributed by atoms with Crippen LogP contribution in [0.5, 0.6) is 5.75 Å². The molecule has 0 spiro atoms. The molecule has 1 aromatic carbocycles. The summed E-state index contributed by atoms with van der Waals surface area (Å²) in [7, 11) is -2.12. The number of carbonyl (C=O) groups is 2. The second-order valence-corrected chi connectivity index (χ2v) is 18.6. The topological polar surface area (TPSA) is 113 Å². The summed E-state index contributed by atoms with van der Waals surface area (Å²) in [4.78, 5) is 35.8. The van der Waals surface area contributed by atoms with Gasteiger partial charge in [0.1, 0.15) is 5.75 Å². The molecule has 0 radical (unpaired) electrons. The molecule has 292 valence electrons. The molecule has 2 saturated heterocycles. The Kier molecular flexibility index (Phi) is 10.8. The van der Waals surface area contributed by atoms with Crippen molar-refractivity contribution in [2.45, 2.75) is 88.8 Å². The first-order valence-electron chi connectivity index (χ1n) is 20.4. The van der Waals surface area contributed by atoms with Crippen molar-refractivity contribution in [3.05, 3.63) is 63.9 Å². The number of nitrogens with zero attached hydrogens (tertiary/aromatic N) is 4. The van der Waals surface area contributed by atoms with Crippen molar-refractivity contribution >= 4 is 32.7 Å². The summed E-state index contributed by atoms with van der Waals surface area (Å²) in [5.41, 5.74) is 6.58. The minimum absolute atomic E-state index is 0.159. The van der Waals surface area contributed by atoms with Crippen LogP contribution in [0, 0.1) is 5.92 Å². The number of methoxy groups -OCH3 is 1. The lowest BCUT2D eigenvalue weighted by molar-refractivity contribution is -0.136. The van der Waals surface area contributed by atoms with Crippen molar-refractivity contribution in [1.82, 2.24) is 24.0 Å². The van der Waals surface area contributed by atoms with E-state index in [1.807, 2.05) is 0 Å². The number of fused-ring (bicyclic) bond motifs is 6. The lowest BCUT2D eigenvalue weighted by atomic mass is 9.75. The van der Waals surface area contributed by atoms with E-state index in [2.05, 4.69) is 54.3 Å². The Morgan fingerprint density at radius 3 is 2.46 bits per heavy atom. The van der Waals surface area contributed by atoms with Crippen molar-refractivity contribution in [2.24, 2.45) is 5.92 Å². The van der Waals surface area contributed by atoms with E-state index >= 15 is 0 Å². The fourth-order valence-electron chi connectivity index (χ4n) is 9.80. The molecule has 1 N–H and O–H groups in total. The first-order valence-corrected chi connectivity index (χ1v) is 21.9. The predicted octanol–water partition coefficient (Wildman–Crippen LogP) is 5.09. The first-order chi connectivity index (χ1) is 26.2. The monoisotopic (exact) mass is 759 g/mol. The fourth-order valence-corrected chi connectivity index (χ4v) is 10.4. The number of morpholine rings is 1. The van der Waals surface area contributed by atoms with Gasteiger partial charge in [0.25, 0.3) is 5.91 Å². The summed E-state index contributed by atoms with van der Waals surface area (Å²) in [6.45, 7) is 12.6. The third-order valence-corrected chi connectivity index (χ3v) is 14.5. The maximum absolute atomic E-state index is 14.9. The highest BCUT2D eigenvalue weighted by molar-refractivity contribution is 7.90. The number of allylic oxidation sites excluding steroid dienone is 4. The summed E-state index contributed by atoms with van der Waals surface area (Å²) in [6, 6.07) is 6.56. The third-order valence-electron chi connectivity index (χ3n) is 12.8. The molecule has 1 aromatic heterocycles. The van der Waals surface area contributed by atoms with Gasteiger partial charge < -0.3 is 23.8 Å². The Morgan fingerprint density at radius 1 is 0.963 bits per heavy atom. The first kappa shape index (κ1) is 37.5. The summed E-state index contributed by atoms with van der Waals surface area (Å²) in [6.07, 6.45) is 12.7. The molecule has 8 rings (SSSR count). The van der Waals surface area contributed by atoms with Crippen LogP contribution in [0.25, 0.3) is 10.9 Å². The van der Waals surface area contributed by atoms with Gasteiger partial charge in [-0.25, -0.2) is 13.1 Å².